The molecule has 0 heterocycles. The lowest BCUT2D eigenvalue weighted by atomic mass is 10.2. The number of halogens is 5. The van der Waals surface area contributed by atoms with Gasteiger partial charge in [0.1, 0.15) is 0 Å². The quantitative estimate of drug-likeness (QED) is 0.740. The van der Waals surface area contributed by atoms with Crippen molar-refractivity contribution in [2.24, 2.45) is 0 Å². The predicted octanol–water partition coefficient (Wildman–Crippen LogP) is 3.25. The molecule has 0 aliphatic heterocycles. The molecule has 0 fully saturated rings. The zero-order valence-electron chi connectivity index (χ0n) is 6.77. The number of benzene rings is 1. The Hall–Kier alpha value is -0.300. The molecule has 0 amide bonds. The summed E-state index contributed by atoms with van der Waals surface area (Å²) >= 11 is 7.95. The Bertz CT molecular complexity index is 396. The van der Waals surface area contributed by atoms with Gasteiger partial charge in [0.2, 0.25) is 0 Å². The van der Waals surface area contributed by atoms with Crippen LogP contribution in [0.3, 0.4) is 0 Å². The highest BCUT2D eigenvalue weighted by molar-refractivity contribution is 7.79. The van der Waals surface area contributed by atoms with Crippen LogP contribution in [0.15, 0.2) is 17.0 Å². The molecule has 1 atom stereocenters. The minimum Gasteiger partial charge on any atom is -0.768 e. The van der Waals surface area contributed by atoms with E-state index in [-0.39, 0.29) is 0 Å². The van der Waals surface area contributed by atoms with Gasteiger partial charge in [-0.15, -0.1) is 0 Å². The first kappa shape index (κ1) is 12.8. The summed E-state index contributed by atoms with van der Waals surface area (Å²) in [7, 11) is 0. The fourth-order valence-corrected chi connectivity index (χ4v) is 2.18. The van der Waals surface area contributed by atoms with Crippen molar-refractivity contribution in [2.75, 3.05) is 0 Å². The molecule has 8 heteroatoms. The summed E-state index contributed by atoms with van der Waals surface area (Å²) in [5.74, 6) is 0. The van der Waals surface area contributed by atoms with Crippen molar-refractivity contribution in [2.45, 2.75) is 11.1 Å². The van der Waals surface area contributed by atoms with E-state index in [1.54, 1.807) is 0 Å². The summed E-state index contributed by atoms with van der Waals surface area (Å²) in [4.78, 5) is -0.536. The van der Waals surface area contributed by atoms with Crippen LogP contribution < -0.4 is 0 Å². The minimum absolute atomic E-state index is 0.512. The molecular formula is C7H2Cl2F3O2S-. The summed E-state index contributed by atoms with van der Waals surface area (Å²) < 4.78 is 57.7. The molecule has 1 aromatic rings. The van der Waals surface area contributed by atoms with Crippen LogP contribution in [0.1, 0.15) is 5.56 Å². The van der Waals surface area contributed by atoms with Gasteiger partial charge >= 0.3 is 6.18 Å². The molecule has 0 saturated heterocycles. The zero-order valence-corrected chi connectivity index (χ0v) is 9.10. The third kappa shape index (κ3) is 2.84. The molecule has 1 rings (SSSR count). The van der Waals surface area contributed by atoms with Gasteiger partial charge in [0.25, 0.3) is 0 Å². The van der Waals surface area contributed by atoms with Crippen molar-refractivity contribution in [3.8, 4) is 0 Å². The monoisotopic (exact) mass is 277 g/mol. The highest BCUT2D eigenvalue weighted by Gasteiger charge is 2.32. The number of rotatable bonds is 1. The highest BCUT2D eigenvalue weighted by Crippen LogP contribution is 2.36. The van der Waals surface area contributed by atoms with Crippen LogP contribution in [0, 0.1) is 0 Å². The van der Waals surface area contributed by atoms with Crippen LogP contribution in [0.4, 0.5) is 13.2 Å². The van der Waals surface area contributed by atoms with Crippen LogP contribution in [-0.2, 0) is 17.3 Å². The summed E-state index contributed by atoms with van der Waals surface area (Å²) in [6.07, 6.45) is -4.61. The second-order valence-electron chi connectivity index (χ2n) is 2.50. The van der Waals surface area contributed by atoms with Gasteiger partial charge in [-0.1, -0.05) is 23.2 Å². The molecule has 84 valence electrons. The van der Waals surface area contributed by atoms with Crippen LogP contribution >= 0.6 is 23.2 Å². The molecule has 15 heavy (non-hydrogen) atoms. The lowest BCUT2D eigenvalue weighted by molar-refractivity contribution is -0.137. The molecule has 1 unspecified atom stereocenters. The van der Waals surface area contributed by atoms with Gasteiger partial charge in [0.05, 0.1) is 20.5 Å². The maximum absolute atomic E-state index is 12.2. The third-order valence-electron chi connectivity index (χ3n) is 1.49. The molecule has 1 aromatic carbocycles. The first-order valence-corrected chi connectivity index (χ1v) is 5.22. The number of alkyl halides is 3. The Morgan fingerprint density at radius 1 is 1.20 bits per heavy atom. The molecule has 0 aliphatic rings. The average Bonchev–Trinajstić information content (AvgIpc) is 1.99. The fourth-order valence-electron chi connectivity index (χ4n) is 0.883. The summed E-state index contributed by atoms with van der Waals surface area (Å²) in [6.45, 7) is 0. The number of hydrogen-bond acceptors (Lipinski definition) is 2. The van der Waals surface area contributed by atoms with E-state index in [1.807, 2.05) is 0 Å². The number of hydrogen-bond donors (Lipinski definition) is 0. The van der Waals surface area contributed by atoms with E-state index < -0.39 is 37.8 Å². The topological polar surface area (TPSA) is 40.1 Å². The molecule has 0 N–H and O–H groups in total. The van der Waals surface area contributed by atoms with E-state index in [0.717, 1.165) is 0 Å². The van der Waals surface area contributed by atoms with E-state index in [1.165, 1.54) is 0 Å². The summed E-state index contributed by atoms with van der Waals surface area (Å²) in [5, 5.41) is -1.11. The van der Waals surface area contributed by atoms with Gasteiger partial charge < -0.3 is 4.55 Å². The highest BCUT2D eigenvalue weighted by atomic mass is 35.5. The Kier molecular flexibility index (Phi) is 3.65. The molecule has 0 saturated carbocycles. The Labute approximate surface area is 95.3 Å². The largest absolute Gasteiger partial charge is 0.768 e. The molecule has 0 spiro atoms. The van der Waals surface area contributed by atoms with Gasteiger partial charge in [0.15, 0.2) is 0 Å². The van der Waals surface area contributed by atoms with E-state index in [9.17, 15) is 21.9 Å². The smallest absolute Gasteiger partial charge is 0.416 e. The summed E-state index contributed by atoms with van der Waals surface area (Å²) in [5.41, 5.74) is -1.09. The Morgan fingerprint density at radius 3 is 1.87 bits per heavy atom. The maximum Gasteiger partial charge on any atom is 0.416 e. The zero-order chi connectivity index (χ0) is 11.8. The molecule has 0 bridgehead atoms. The van der Waals surface area contributed by atoms with Crippen molar-refractivity contribution in [1.29, 1.82) is 0 Å². The van der Waals surface area contributed by atoms with Crippen LogP contribution in [-0.4, -0.2) is 8.76 Å². The second-order valence-corrected chi connectivity index (χ2v) is 4.19. The Morgan fingerprint density at radius 2 is 1.60 bits per heavy atom. The molecule has 2 nitrogen and oxygen atoms in total. The van der Waals surface area contributed by atoms with E-state index in [0.29, 0.717) is 12.1 Å². The van der Waals surface area contributed by atoms with Gasteiger partial charge in [-0.05, 0) is 23.2 Å². The maximum atomic E-state index is 12.2. The van der Waals surface area contributed by atoms with Gasteiger partial charge in [-0.25, -0.2) is 0 Å². The van der Waals surface area contributed by atoms with E-state index in [2.05, 4.69) is 0 Å². The molecule has 0 aliphatic carbocycles. The average molecular weight is 278 g/mol. The van der Waals surface area contributed by atoms with Crippen molar-refractivity contribution < 1.29 is 21.9 Å². The molecule has 0 aromatic heterocycles. The van der Waals surface area contributed by atoms with Crippen molar-refractivity contribution in [3.05, 3.63) is 27.7 Å². The lowest BCUT2D eigenvalue weighted by Crippen LogP contribution is -2.06. The van der Waals surface area contributed by atoms with Crippen molar-refractivity contribution in [1.82, 2.24) is 0 Å². The predicted molar refractivity (Wildman–Crippen MR) is 48.6 cm³/mol. The van der Waals surface area contributed by atoms with E-state index >= 15 is 0 Å². The van der Waals surface area contributed by atoms with Crippen LogP contribution in [0.2, 0.25) is 10.0 Å². The van der Waals surface area contributed by atoms with Gasteiger partial charge in [-0.2, -0.15) is 13.2 Å². The molecule has 0 radical (unpaired) electrons. The first-order valence-electron chi connectivity index (χ1n) is 3.39. The minimum atomic E-state index is -4.61. The normalized spacial score (nSPS) is 14.0. The van der Waals surface area contributed by atoms with Crippen LogP contribution in [0.25, 0.3) is 0 Å². The summed E-state index contributed by atoms with van der Waals surface area (Å²) in [6, 6.07) is 1.02. The van der Waals surface area contributed by atoms with E-state index in [4.69, 9.17) is 23.2 Å². The lowest BCUT2D eigenvalue weighted by Gasteiger charge is -2.13. The van der Waals surface area contributed by atoms with Gasteiger partial charge in [-0.3, -0.25) is 4.21 Å². The van der Waals surface area contributed by atoms with Gasteiger partial charge in [0, 0.05) is 0 Å². The van der Waals surface area contributed by atoms with Crippen molar-refractivity contribution >= 4 is 34.3 Å². The third-order valence-corrected chi connectivity index (χ3v) is 3.09. The fraction of sp³-hybridized carbons (Fsp3) is 0.143. The Balaban J connectivity index is 3.39. The SMILES string of the molecule is O=S([O-])c1c(Cl)cc(C(F)(F)F)cc1Cl. The van der Waals surface area contributed by atoms with Crippen molar-refractivity contribution in [3.63, 3.8) is 0 Å². The standard InChI is InChI=1S/C7H3Cl2F3O2S/c8-4-1-3(7(10,11)12)2-5(9)6(4)15(13)14/h1-2H,(H,13,14)/p-1. The first-order chi connectivity index (χ1) is 6.73. The second kappa shape index (κ2) is 4.29. The molecular weight excluding hydrogens is 276 g/mol. The van der Waals surface area contributed by atoms with Crippen LogP contribution in [0.5, 0.6) is 0 Å².